The lowest BCUT2D eigenvalue weighted by Crippen LogP contribution is -2.07. The van der Waals surface area contributed by atoms with Crippen molar-refractivity contribution in [3.63, 3.8) is 0 Å². The van der Waals surface area contributed by atoms with E-state index in [1.165, 1.54) is 6.33 Å². The Kier molecular flexibility index (Phi) is 4.54. The van der Waals surface area contributed by atoms with E-state index in [9.17, 15) is 10.1 Å². The van der Waals surface area contributed by atoms with Crippen molar-refractivity contribution in [2.24, 2.45) is 0 Å². The first-order valence-electron chi connectivity index (χ1n) is 6.29. The second-order valence-electron chi connectivity index (χ2n) is 4.32. The fourth-order valence-electron chi connectivity index (χ4n) is 1.79. The zero-order chi connectivity index (χ0) is 15.4. The fraction of sp³-hybridized carbons (Fsp3) is 0.231. The first kappa shape index (κ1) is 15.0. The predicted molar refractivity (Wildman–Crippen MR) is 82.3 cm³/mol. The lowest BCUT2D eigenvalue weighted by molar-refractivity contribution is -0.383. The number of nitro groups is 1. The molecule has 0 atom stereocenters. The number of halogens is 1. The minimum atomic E-state index is -0.525. The molecule has 110 valence electrons. The minimum Gasteiger partial charge on any atom is -0.364 e. The Morgan fingerprint density at radius 1 is 1.33 bits per heavy atom. The molecule has 0 bridgehead atoms. The second kappa shape index (κ2) is 6.36. The van der Waals surface area contributed by atoms with E-state index in [0.717, 1.165) is 5.56 Å². The maximum atomic E-state index is 11.3. The number of nitrogens with zero attached hydrogens (tertiary/aromatic N) is 3. The number of aromatic nitrogens is 2. The van der Waals surface area contributed by atoms with Crippen LogP contribution in [0.2, 0.25) is 5.02 Å². The average Bonchev–Trinajstić information content (AvgIpc) is 2.42. The highest BCUT2D eigenvalue weighted by Crippen LogP contribution is 2.33. The molecular formula is C13H14ClN5O2. The van der Waals surface area contributed by atoms with Gasteiger partial charge >= 0.3 is 5.69 Å². The van der Waals surface area contributed by atoms with E-state index in [2.05, 4.69) is 20.6 Å². The van der Waals surface area contributed by atoms with Crippen LogP contribution >= 0.6 is 11.6 Å². The number of rotatable bonds is 5. The minimum absolute atomic E-state index is 0.0942. The largest absolute Gasteiger partial charge is 0.364 e. The Bertz CT molecular complexity index is 678. The highest BCUT2D eigenvalue weighted by molar-refractivity contribution is 6.33. The van der Waals surface area contributed by atoms with Crippen molar-refractivity contribution in [1.82, 2.24) is 9.97 Å². The lowest BCUT2D eigenvalue weighted by Gasteiger charge is -2.10. The van der Waals surface area contributed by atoms with Crippen LogP contribution in [0.3, 0.4) is 0 Å². The van der Waals surface area contributed by atoms with E-state index in [-0.39, 0.29) is 17.3 Å². The van der Waals surface area contributed by atoms with Gasteiger partial charge < -0.3 is 10.6 Å². The molecule has 0 saturated heterocycles. The van der Waals surface area contributed by atoms with Gasteiger partial charge in [-0.05, 0) is 31.5 Å². The van der Waals surface area contributed by atoms with Crippen LogP contribution in [0.15, 0.2) is 24.5 Å². The van der Waals surface area contributed by atoms with Gasteiger partial charge in [-0.3, -0.25) is 10.1 Å². The summed E-state index contributed by atoms with van der Waals surface area (Å²) in [5.41, 5.74) is 1.33. The molecular weight excluding hydrogens is 294 g/mol. The molecule has 0 radical (unpaired) electrons. The molecule has 0 aliphatic carbocycles. The Morgan fingerprint density at radius 2 is 2.05 bits per heavy atom. The number of benzene rings is 1. The van der Waals surface area contributed by atoms with Gasteiger partial charge in [0.25, 0.3) is 0 Å². The third-order valence-electron chi connectivity index (χ3n) is 2.73. The molecule has 1 heterocycles. The molecule has 1 aromatic heterocycles. The SMILES string of the molecule is CCNc1ncnc(Nc2ccc(C)cc2Cl)c1[N+](=O)[O-]. The van der Waals surface area contributed by atoms with Crippen LogP contribution in [0.5, 0.6) is 0 Å². The lowest BCUT2D eigenvalue weighted by atomic mass is 10.2. The quantitative estimate of drug-likeness (QED) is 0.648. The Morgan fingerprint density at radius 3 is 2.67 bits per heavy atom. The zero-order valence-corrected chi connectivity index (χ0v) is 12.3. The summed E-state index contributed by atoms with van der Waals surface area (Å²) in [6.07, 6.45) is 1.26. The van der Waals surface area contributed by atoms with Gasteiger partial charge in [-0.1, -0.05) is 17.7 Å². The summed E-state index contributed by atoms with van der Waals surface area (Å²) >= 11 is 6.12. The van der Waals surface area contributed by atoms with Crippen LogP contribution in [-0.4, -0.2) is 21.4 Å². The Labute approximate surface area is 126 Å². The third-order valence-corrected chi connectivity index (χ3v) is 3.04. The Balaban J connectivity index is 2.43. The molecule has 0 unspecified atom stereocenters. The maximum Gasteiger partial charge on any atom is 0.353 e. The van der Waals surface area contributed by atoms with Gasteiger partial charge in [-0.15, -0.1) is 0 Å². The van der Waals surface area contributed by atoms with Crippen molar-refractivity contribution in [2.75, 3.05) is 17.2 Å². The van der Waals surface area contributed by atoms with Crippen molar-refractivity contribution < 1.29 is 4.92 Å². The molecule has 0 amide bonds. The van der Waals surface area contributed by atoms with E-state index in [0.29, 0.717) is 17.3 Å². The number of hydrogen-bond acceptors (Lipinski definition) is 6. The molecule has 2 aromatic rings. The van der Waals surface area contributed by atoms with Gasteiger partial charge in [-0.25, -0.2) is 9.97 Å². The Hall–Kier alpha value is -2.41. The summed E-state index contributed by atoms with van der Waals surface area (Å²) in [7, 11) is 0. The number of anilines is 3. The highest BCUT2D eigenvalue weighted by atomic mass is 35.5. The summed E-state index contributed by atoms with van der Waals surface area (Å²) in [4.78, 5) is 18.6. The molecule has 7 nitrogen and oxygen atoms in total. The second-order valence-corrected chi connectivity index (χ2v) is 4.72. The predicted octanol–water partition coefficient (Wildman–Crippen LogP) is 3.52. The number of aryl methyl sites for hydroxylation is 1. The standard InChI is InChI=1S/C13H14ClN5O2/c1-3-15-12-11(19(20)21)13(17-7-16-12)18-10-5-4-8(2)6-9(10)14/h4-7H,3H2,1-2H3,(H2,15,16,17,18). The molecule has 8 heteroatoms. The molecule has 2 N–H and O–H groups in total. The summed E-state index contributed by atoms with van der Waals surface area (Å²) in [6.45, 7) is 4.25. The van der Waals surface area contributed by atoms with Crippen LogP contribution in [0.25, 0.3) is 0 Å². The average molecular weight is 308 g/mol. The first-order valence-corrected chi connectivity index (χ1v) is 6.67. The number of nitrogens with one attached hydrogen (secondary N) is 2. The molecule has 0 fully saturated rings. The third kappa shape index (κ3) is 3.38. The van der Waals surface area contributed by atoms with Gasteiger partial charge in [0.1, 0.15) is 6.33 Å². The first-order chi connectivity index (χ1) is 10.0. The van der Waals surface area contributed by atoms with Gasteiger partial charge in [0.05, 0.1) is 15.6 Å². The normalized spacial score (nSPS) is 10.2. The highest BCUT2D eigenvalue weighted by Gasteiger charge is 2.23. The molecule has 1 aromatic carbocycles. The van der Waals surface area contributed by atoms with E-state index >= 15 is 0 Å². The maximum absolute atomic E-state index is 11.3. The van der Waals surface area contributed by atoms with Crippen molar-refractivity contribution in [2.45, 2.75) is 13.8 Å². The summed E-state index contributed by atoms with van der Waals surface area (Å²) in [6, 6.07) is 5.37. The smallest absolute Gasteiger partial charge is 0.353 e. The van der Waals surface area contributed by atoms with Gasteiger partial charge in [-0.2, -0.15) is 0 Å². The van der Waals surface area contributed by atoms with Crippen molar-refractivity contribution in [1.29, 1.82) is 0 Å². The van der Waals surface area contributed by atoms with Crippen LogP contribution in [-0.2, 0) is 0 Å². The van der Waals surface area contributed by atoms with Crippen LogP contribution in [0.1, 0.15) is 12.5 Å². The summed E-state index contributed by atoms with van der Waals surface area (Å²) in [5.74, 6) is 0.264. The molecule has 0 aliphatic heterocycles. The molecule has 0 spiro atoms. The summed E-state index contributed by atoms with van der Waals surface area (Å²) in [5, 5.41) is 17.4. The van der Waals surface area contributed by atoms with Crippen molar-refractivity contribution in [3.8, 4) is 0 Å². The topological polar surface area (TPSA) is 93.0 Å². The van der Waals surface area contributed by atoms with Crippen molar-refractivity contribution in [3.05, 3.63) is 45.2 Å². The monoisotopic (exact) mass is 307 g/mol. The van der Waals surface area contributed by atoms with E-state index in [1.54, 1.807) is 12.1 Å². The molecule has 21 heavy (non-hydrogen) atoms. The molecule has 0 aliphatic rings. The van der Waals surface area contributed by atoms with Crippen LogP contribution < -0.4 is 10.6 Å². The van der Waals surface area contributed by atoms with E-state index < -0.39 is 4.92 Å². The molecule has 0 saturated carbocycles. The van der Waals surface area contributed by atoms with E-state index in [4.69, 9.17) is 11.6 Å². The van der Waals surface area contributed by atoms with Gasteiger partial charge in [0.2, 0.25) is 11.6 Å². The van der Waals surface area contributed by atoms with Gasteiger partial charge in [0.15, 0.2) is 0 Å². The van der Waals surface area contributed by atoms with Crippen molar-refractivity contribution >= 4 is 34.6 Å². The fourth-order valence-corrected chi connectivity index (χ4v) is 2.07. The number of hydrogen-bond donors (Lipinski definition) is 2. The zero-order valence-electron chi connectivity index (χ0n) is 11.6. The van der Waals surface area contributed by atoms with Gasteiger partial charge in [0, 0.05) is 6.54 Å². The van der Waals surface area contributed by atoms with Crippen LogP contribution in [0, 0.1) is 17.0 Å². The van der Waals surface area contributed by atoms with E-state index in [1.807, 2.05) is 19.9 Å². The summed E-state index contributed by atoms with van der Waals surface area (Å²) < 4.78 is 0. The van der Waals surface area contributed by atoms with Crippen LogP contribution in [0.4, 0.5) is 23.0 Å². The molecule has 2 rings (SSSR count).